The van der Waals surface area contributed by atoms with Crippen LogP contribution in [0.1, 0.15) is 21.9 Å². The van der Waals surface area contributed by atoms with E-state index in [2.05, 4.69) is 5.32 Å². The van der Waals surface area contributed by atoms with Gasteiger partial charge in [0.2, 0.25) is 0 Å². The zero-order chi connectivity index (χ0) is 14.5. The summed E-state index contributed by atoms with van der Waals surface area (Å²) in [5.41, 5.74) is 0.142. The molecule has 20 heavy (non-hydrogen) atoms. The van der Waals surface area contributed by atoms with Gasteiger partial charge >= 0.3 is 5.97 Å². The zero-order valence-electron chi connectivity index (χ0n) is 10.8. The molecule has 0 saturated heterocycles. The fraction of sp³-hybridized carbons (Fsp3) is 0.0667. The van der Waals surface area contributed by atoms with Crippen molar-refractivity contribution >= 4 is 18.0 Å². The van der Waals surface area contributed by atoms with Gasteiger partial charge in [-0.1, -0.05) is 18.2 Å². The van der Waals surface area contributed by atoms with E-state index in [0.717, 1.165) is 0 Å². The van der Waals surface area contributed by atoms with Crippen LogP contribution in [0.5, 0.6) is 0 Å². The predicted octanol–water partition coefficient (Wildman–Crippen LogP) is 2.44. The Morgan fingerprint density at radius 1 is 1.15 bits per heavy atom. The van der Waals surface area contributed by atoms with E-state index in [-0.39, 0.29) is 5.70 Å². The summed E-state index contributed by atoms with van der Waals surface area (Å²) in [7, 11) is 0. The van der Waals surface area contributed by atoms with Crippen molar-refractivity contribution in [3.05, 3.63) is 65.2 Å². The van der Waals surface area contributed by atoms with E-state index < -0.39 is 11.9 Å². The van der Waals surface area contributed by atoms with Crippen molar-refractivity contribution in [3.8, 4) is 0 Å². The van der Waals surface area contributed by atoms with Crippen molar-refractivity contribution in [1.29, 1.82) is 0 Å². The molecule has 0 bridgehead atoms. The minimum atomic E-state index is -1.23. The van der Waals surface area contributed by atoms with Crippen molar-refractivity contribution in [2.75, 3.05) is 0 Å². The van der Waals surface area contributed by atoms with Crippen LogP contribution in [0.4, 0.5) is 0 Å². The van der Waals surface area contributed by atoms with Crippen LogP contribution in [0, 0.1) is 6.92 Å². The van der Waals surface area contributed by atoms with E-state index in [1.165, 1.54) is 6.08 Å². The fourth-order valence-corrected chi connectivity index (χ4v) is 1.61. The Kier molecular flexibility index (Phi) is 4.00. The lowest BCUT2D eigenvalue weighted by molar-refractivity contribution is -0.132. The number of benzene rings is 1. The monoisotopic (exact) mass is 271 g/mol. The highest BCUT2D eigenvalue weighted by atomic mass is 16.4. The lowest BCUT2D eigenvalue weighted by Crippen LogP contribution is -2.27. The second kappa shape index (κ2) is 5.88. The molecule has 102 valence electrons. The lowest BCUT2D eigenvalue weighted by Gasteiger charge is -2.05. The molecule has 0 saturated carbocycles. The Morgan fingerprint density at radius 3 is 2.40 bits per heavy atom. The van der Waals surface area contributed by atoms with Crippen LogP contribution in [-0.4, -0.2) is 17.0 Å². The summed E-state index contributed by atoms with van der Waals surface area (Å²) in [6.07, 6.45) is 1.27. The molecule has 1 aromatic carbocycles. The van der Waals surface area contributed by atoms with Gasteiger partial charge < -0.3 is 14.8 Å². The van der Waals surface area contributed by atoms with E-state index in [1.54, 1.807) is 49.4 Å². The molecule has 0 spiro atoms. The molecule has 1 amide bonds. The Balaban J connectivity index is 2.20. The molecule has 2 rings (SSSR count). The quantitative estimate of drug-likeness (QED) is 0.837. The van der Waals surface area contributed by atoms with Crippen LogP contribution >= 0.6 is 0 Å². The number of carboxylic acid groups (broad SMARTS) is 1. The largest absolute Gasteiger partial charge is 0.477 e. The second-order valence-electron chi connectivity index (χ2n) is 4.13. The molecule has 0 atom stereocenters. The number of amides is 1. The minimum absolute atomic E-state index is 0.242. The Hall–Kier alpha value is -2.82. The van der Waals surface area contributed by atoms with Gasteiger partial charge in [0.25, 0.3) is 5.91 Å². The summed E-state index contributed by atoms with van der Waals surface area (Å²) in [5.74, 6) is -0.686. The van der Waals surface area contributed by atoms with Crippen LogP contribution < -0.4 is 5.32 Å². The maximum Gasteiger partial charge on any atom is 0.352 e. The number of nitrogens with one attached hydrogen (secondary N) is 1. The molecular weight excluding hydrogens is 258 g/mol. The molecule has 0 aliphatic heterocycles. The van der Waals surface area contributed by atoms with E-state index in [9.17, 15) is 9.59 Å². The molecule has 5 nitrogen and oxygen atoms in total. The summed E-state index contributed by atoms with van der Waals surface area (Å²) >= 11 is 0. The van der Waals surface area contributed by atoms with Crippen molar-refractivity contribution in [1.82, 2.24) is 5.32 Å². The first-order valence-corrected chi connectivity index (χ1v) is 5.94. The second-order valence-corrected chi connectivity index (χ2v) is 4.13. The van der Waals surface area contributed by atoms with Gasteiger partial charge in [0, 0.05) is 11.6 Å². The van der Waals surface area contributed by atoms with E-state index >= 15 is 0 Å². The summed E-state index contributed by atoms with van der Waals surface area (Å²) < 4.78 is 5.26. The third kappa shape index (κ3) is 3.35. The van der Waals surface area contributed by atoms with Gasteiger partial charge in [0.15, 0.2) is 0 Å². The van der Waals surface area contributed by atoms with Crippen LogP contribution in [0.25, 0.3) is 6.08 Å². The number of aryl methyl sites for hydroxylation is 1. The first kappa shape index (κ1) is 13.6. The molecular formula is C15H13NO4. The smallest absolute Gasteiger partial charge is 0.352 e. The molecule has 5 heteroatoms. The highest BCUT2D eigenvalue weighted by Gasteiger charge is 2.13. The van der Waals surface area contributed by atoms with Crippen LogP contribution in [0.2, 0.25) is 0 Å². The number of aliphatic carboxylic acids is 1. The molecule has 2 aromatic rings. The predicted molar refractivity (Wildman–Crippen MR) is 73.0 cm³/mol. The summed E-state index contributed by atoms with van der Waals surface area (Å²) in [6, 6.07) is 11.7. The zero-order valence-corrected chi connectivity index (χ0v) is 10.8. The molecule has 0 unspecified atom stereocenters. The molecule has 0 aliphatic carbocycles. The number of hydrogen-bond donors (Lipinski definition) is 2. The first-order chi connectivity index (χ1) is 9.56. The maximum atomic E-state index is 11.9. The third-order valence-electron chi connectivity index (χ3n) is 2.56. The number of carboxylic acids is 1. The average Bonchev–Trinajstić information content (AvgIpc) is 2.84. The first-order valence-electron chi connectivity index (χ1n) is 5.94. The Morgan fingerprint density at radius 2 is 1.85 bits per heavy atom. The van der Waals surface area contributed by atoms with Gasteiger partial charge in [-0.15, -0.1) is 0 Å². The van der Waals surface area contributed by atoms with Crippen LogP contribution in [0.15, 0.2) is 52.6 Å². The van der Waals surface area contributed by atoms with E-state index in [0.29, 0.717) is 17.1 Å². The molecule has 2 N–H and O–H groups in total. The van der Waals surface area contributed by atoms with Gasteiger partial charge in [-0.2, -0.15) is 0 Å². The average molecular weight is 271 g/mol. The van der Waals surface area contributed by atoms with Gasteiger partial charge in [-0.05, 0) is 31.2 Å². The van der Waals surface area contributed by atoms with Crippen molar-refractivity contribution < 1.29 is 19.1 Å². The molecule has 0 radical (unpaired) electrons. The van der Waals surface area contributed by atoms with Gasteiger partial charge in [0.05, 0.1) is 0 Å². The fourth-order valence-electron chi connectivity index (χ4n) is 1.61. The number of carbonyl (C=O) groups is 2. The van der Waals surface area contributed by atoms with Gasteiger partial charge in [-0.25, -0.2) is 4.79 Å². The van der Waals surface area contributed by atoms with Crippen LogP contribution in [-0.2, 0) is 4.79 Å². The molecule has 1 heterocycles. The maximum absolute atomic E-state index is 11.9. The molecule has 1 aromatic heterocycles. The van der Waals surface area contributed by atoms with E-state index in [4.69, 9.17) is 9.52 Å². The molecule has 0 fully saturated rings. The standard InChI is InChI=1S/C15H13NO4/c1-10-7-8-12(20-10)9-13(15(18)19)16-14(17)11-5-3-2-4-6-11/h2-9H,1H3,(H,16,17)(H,18,19)/b13-9+. The summed E-state index contributed by atoms with van der Waals surface area (Å²) in [5, 5.41) is 11.5. The Labute approximate surface area is 115 Å². The van der Waals surface area contributed by atoms with Crippen LogP contribution in [0.3, 0.4) is 0 Å². The number of rotatable bonds is 4. The lowest BCUT2D eigenvalue weighted by atomic mass is 10.2. The summed E-state index contributed by atoms with van der Waals surface area (Å²) in [6.45, 7) is 1.75. The normalized spacial score (nSPS) is 11.2. The van der Waals surface area contributed by atoms with Crippen molar-refractivity contribution in [2.45, 2.75) is 6.92 Å². The summed E-state index contributed by atoms with van der Waals surface area (Å²) in [4.78, 5) is 23.1. The van der Waals surface area contributed by atoms with Crippen molar-refractivity contribution in [2.24, 2.45) is 0 Å². The number of furan rings is 1. The SMILES string of the molecule is Cc1ccc(/C=C(/NC(=O)c2ccccc2)C(=O)O)o1. The highest BCUT2D eigenvalue weighted by Crippen LogP contribution is 2.11. The molecule has 0 aliphatic rings. The third-order valence-corrected chi connectivity index (χ3v) is 2.56. The Bertz CT molecular complexity index is 656. The highest BCUT2D eigenvalue weighted by molar-refractivity contribution is 6.02. The van der Waals surface area contributed by atoms with E-state index in [1.807, 2.05) is 0 Å². The van der Waals surface area contributed by atoms with Gasteiger partial charge in [0.1, 0.15) is 17.2 Å². The minimum Gasteiger partial charge on any atom is -0.477 e. The van der Waals surface area contributed by atoms with Gasteiger partial charge in [-0.3, -0.25) is 4.79 Å². The van der Waals surface area contributed by atoms with Crippen molar-refractivity contribution in [3.63, 3.8) is 0 Å². The number of hydrogen-bond acceptors (Lipinski definition) is 3. The topological polar surface area (TPSA) is 79.5 Å². The number of carbonyl (C=O) groups excluding carboxylic acids is 1.